The van der Waals surface area contributed by atoms with Gasteiger partial charge in [0.15, 0.2) is 0 Å². The van der Waals surface area contributed by atoms with Crippen molar-refractivity contribution in [1.29, 1.82) is 0 Å². The molecular formula is C10H11N3O. The third kappa shape index (κ3) is 0.801. The Bertz CT molecular complexity index is 427. The molecule has 1 aromatic rings. The Morgan fingerprint density at radius 2 is 2.21 bits per heavy atom. The maximum absolute atomic E-state index is 9.42. The van der Waals surface area contributed by atoms with Crippen LogP contribution in [0.1, 0.15) is 0 Å². The average molecular weight is 189 g/mol. The largest absolute Gasteiger partial charge is 0.508 e. The van der Waals surface area contributed by atoms with Gasteiger partial charge in [-0.1, -0.05) is 0 Å². The fourth-order valence-corrected chi connectivity index (χ4v) is 2.07. The van der Waals surface area contributed by atoms with Crippen molar-refractivity contribution in [3.63, 3.8) is 0 Å². The van der Waals surface area contributed by atoms with Crippen molar-refractivity contribution < 1.29 is 5.11 Å². The summed E-state index contributed by atoms with van der Waals surface area (Å²) in [5.74, 6) is 1.30. The Morgan fingerprint density at radius 3 is 3.07 bits per heavy atom. The first-order valence-corrected chi connectivity index (χ1v) is 4.66. The van der Waals surface area contributed by atoms with Crippen molar-refractivity contribution in [1.82, 2.24) is 0 Å². The molecule has 72 valence electrons. The molecule has 0 saturated carbocycles. The van der Waals surface area contributed by atoms with Gasteiger partial charge in [-0.15, -0.1) is 0 Å². The zero-order chi connectivity index (χ0) is 9.71. The van der Waals surface area contributed by atoms with Crippen LogP contribution in [0.3, 0.4) is 0 Å². The molecule has 4 heteroatoms. The van der Waals surface area contributed by atoms with E-state index in [0.717, 1.165) is 30.4 Å². The summed E-state index contributed by atoms with van der Waals surface area (Å²) < 4.78 is 0. The Hall–Kier alpha value is -1.71. The number of fused-ring (bicyclic) bond motifs is 3. The molecule has 0 fully saturated rings. The van der Waals surface area contributed by atoms with Gasteiger partial charge in [0.25, 0.3) is 0 Å². The quantitative estimate of drug-likeness (QED) is 0.662. The molecule has 3 rings (SSSR count). The van der Waals surface area contributed by atoms with E-state index in [4.69, 9.17) is 0 Å². The lowest BCUT2D eigenvalue weighted by Gasteiger charge is -2.12. The highest BCUT2D eigenvalue weighted by molar-refractivity contribution is 6.16. The summed E-state index contributed by atoms with van der Waals surface area (Å²) >= 11 is 0. The van der Waals surface area contributed by atoms with Gasteiger partial charge < -0.3 is 14.9 Å². The van der Waals surface area contributed by atoms with Crippen LogP contribution in [0.5, 0.6) is 5.75 Å². The number of phenols is 1. The van der Waals surface area contributed by atoms with Crippen LogP contribution in [0.15, 0.2) is 23.2 Å². The summed E-state index contributed by atoms with van der Waals surface area (Å²) in [7, 11) is 2.00. The molecule has 0 atom stereocenters. The van der Waals surface area contributed by atoms with E-state index in [1.807, 2.05) is 13.1 Å². The monoisotopic (exact) mass is 189 g/mol. The highest BCUT2D eigenvalue weighted by atomic mass is 16.3. The number of hydrogen-bond acceptors (Lipinski definition) is 4. The minimum absolute atomic E-state index is 0.310. The van der Waals surface area contributed by atoms with Crippen LogP contribution in [-0.2, 0) is 0 Å². The summed E-state index contributed by atoms with van der Waals surface area (Å²) in [4.78, 5) is 8.60. The first-order valence-electron chi connectivity index (χ1n) is 4.66. The van der Waals surface area contributed by atoms with E-state index in [1.165, 1.54) is 0 Å². The zero-order valence-corrected chi connectivity index (χ0v) is 7.94. The molecule has 1 aromatic carbocycles. The summed E-state index contributed by atoms with van der Waals surface area (Å²) in [6.45, 7) is 1.75. The van der Waals surface area contributed by atoms with Crippen molar-refractivity contribution in [2.75, 3.05) is 29.9 Å². The van der Waals surface area contributed by atoms with Crippen LogP contribution < -0.4 is 9.80 Å². The van der Waals surface area contributed by atoms with E-state index >= 15 is 0 Å². The molecule has 0 radical (unpaired) electrons. The van der Waals surface area contributed by atoms with Crippen LogP contribution in [0.25, 0.3) is 0 Å². The maximum Gasteiger partial charge on any atom is 0.205 e. The first-order chi connectivity index (χ1) is 6.77. The predicted octanol–water partition coefficient (Wildman–Crippen LogP) is 1.02. The number of benzene rings is 1. The first kappa shape index (κ1) is 7.67. The molecule has 14 heavy (non-hydrogen) atoms. The van der Waals surface area contributed by atoms with Crippen molar-refractivity contribution in [2.45, 2.75) is 0 Å². The standard InChI is InChI=1S/C10H11N3O/c1-12-8-3-2-7(14)6-9(8)13-5-4-11-10(12)13/h2-3,6,14H,4-5H2,1H3. The second-order valence-corrected chi connectivity index (χ2v) is 3.57. The predicted molar refractivity (Wildman–Crippen MR) is 56.2 cm³/mol. The molecule has 0 saturated heterocycles. The number of phenolic OH excluding ortho intramolecular Hbond substituents is 1. The summed E-state index contributed by atoms with van der Waals surface area (Å²) in [5.41, 5.74) is 2.17. The number of hydrogen-bond donors (Lipinski definition) is 1. The van der Waals surface area contributed by atoms with Gasteiger partial charge in [-0.2, -0.15) is 0 Å². The van der Waals surface area contributed by atoms with E-state index in [2.05, 4.69) is 14.8 Å². The highest BCUT2D eigenvalue weighted by Crippen LogP contribution is 2.39. The van der Waals surface area contributed by atoms with Crippen LogP contribution >= 0.6 is 0 Å². The molecule has 2 heterocycles. The molecule has 1 N–H and O–H groups in total. The Balaban J connectivity index is 2.20. The third-order valence-electron chi connectivity index (χ3n) is 2.73. The summed E-state index contributed by atoms with van der Waals surface area (Å²) in [6, 6.07) is 5.42. The minimum atomic E-state index is 0.310. The lowest BCUT2D eigenvalue weighted by atomic mass is 10.2. The molecule has 2 aliphatic rings. The van der Waals surface area contributed by atoms with Crippen LogP contribution in [-0.4, -0.2) is 31.2 Å². The SMILES string of the molecule is CN1C2=NCCN2c2cc(O)ccc21. The Labute approximate surface area is 82.1 Å². The Morgan fingerprint density at radius 1 is 1.36 bits per heavy atom. The number of guanidine groups is 1. The van der Waals surface area contributed by atoms with Crippen LogP contribution in [0.2, 0.25) is 0 Å². The molecule has 0 amide bonds. The fraction of sp³-hybridized carbons (Fsp3) is 0.300. The van der Waals surface area contributed by atoms with Gasteiger partial charge >= 0.3 is 0 Å². The van der Waals surface area contributed by atoms with Gasteiger partial charge in [-0.25, -0.2) is 0 Å². The number of aliphatic imine (C=N–C) groups is 1. The zero-order valence-electron chi connectivity index (χ0n) is 7.94. The van der Waals surface area contributed by atoms with E-state index < -0.39 is 0 Å². The number of rotatable bonds is 0. The number of aromatic hydroxyl groups is 1. The molecule has 4 nitrogen and oxygen atoms in total. The van der Waals surface area contributed by atoms with E-state index in [0.29, 0.717) is 5.75 Å². The molecule has 0 bridgehead atoms. The minimum Gasteiger partial charge on any atom is -0.508 e. The van der Waals surface area contributed by atoms with E-state index in [1.54, 1.807) is 12.1 Å². The lowest BCUT2D eigenvalue weighted by molar-refractivity contribution is 0.475. The smallest absolute Gasteiger partial charge is 0.205 e. The second kappa shape index (κ2) is 2.41. The molecule has 0 aromatic heterocycles. The van der Waals surface area contributed by atoms with Crippen molar-refractivity contribution in [2.24, 2.45) is 4.99 Å². The van der Waals surface area contributed by atoms with Gasteiger partial charge in [-0.05, 0) is 12.1 Å². The van der Waals surface area contributed by atoms with Crippen LogP contribution in [0, 0.1) is 0 Å². The second-order valence-electron chi connectivity index (χ2n) is 3.57. The lowest BCUT2D eigenvalue weighted by Crippen LogP contribution is -2.32. The molecular weight excluding hydrogens is 178 g/mol. The fourth-order valence-electron chi connectivity index (χ4n) is 2.07. The van der Waals surface area contributed by atoms with Crippen molar-refractivity contribution in [3.8, 4) is 5.75 Å². The topological polar surface area (TPSA) is 39.1 Å². The molecule has 0 unspecified atom stereocenters. The summed E-state index contributed by atoms with van der Waals surface area (Å²) in [5, 5.41) is 9.42. The molecule has 2 aliphatic heterocycles. The van der Waals surface area contributed by atoms with Gasteiger partial charge in [-0.3, -0.25) is 4.99 Å². The normalized spacial score (nSPS) is 18.2. The maximum atomic E-state index is 9.42. The third-order valence-corrected chi connectivity index (χ3v) is 2.73. The van der Waals surface area contributed by atoms with Crippen LogP contribution in [0.4, 0.5) is 11.4 Å². The highest BCUT2D eigenvalue weighted by Gasteiger charge is 2.32. The molecule has 0 aliphatic carbocycles. The van der Waals surface area contributed by atoms with Crippen molar-refractivity contribution in [3.05, 3.63) is 18.2 Å². The van der Waals surface area contributed by atoms with Gasteiger partial charge in [0.1, 0.15) is 5.75 Å². The Kier molecular flexibility index (Phi) is 1.32. The van der Waals surface area contributed by atoms with Crippen molar-refractivity contribution >= 4 is 17.3 Å². The van der Waals surface area contributed by atoms with E-state index in [9.17, 15) is 5.11 Å². The number of anilines is 2. The average Bonchev–Trinajstić information content (AvgIpc) is 2.71. The van der Waals surface area contributed by atoms with Gasteiger partial charge in [0.2, 0.25) is 5.96 Å². The van der Waals surface area contributed by atoms with Gasteiger partial charge in [0.05, 0.1) is 17.9 Å². The molecule has 0 spiro atoms. The summed E-state index contributed by atoms with van der Waals surface area (Å²) in [6.07, 6.45) is 0. The van der Waals surface area contributed by atoms with Gasteiger partial charge in [0, 0.05) is 19.7 Å². The number of nitrogens with zero attached hydrogens (tertiary/aromatic N) is 3. The van der Waals surface area contributed by atoms with E-state index in [-0.39, 0.29) is 0 Å².